The quantitative estimate of drug-likeness (QED) is 0.827. The molecular formula is C18H26N4O3S. The number of amides is 1. The lowest BCUT2D eigenvalue weighted by atomic mass is 10.1. The number of H-pyrrole nitrogens is 1. The average molecular weight is 378 g/mol. The standard InChI is InChI=1S/C18H26N4O3S/c1-12-4-5-15-18(13(12)2)20-16(19-15)6-7-17(23)22-10-8-14(9-11-22)21-26(3,24)25/h4-5,14,21H,6-11H2,1-3H3,(H,19,20). The summed E-state index contributed by atoms with van der Waals surface area (Å²) in [7, 11) is -3.19. The van der Waals surface area contributed by atoms with Gasteiger partial charge >= 0.3 is 0 Å². The van der Waals surface area contributed by atoms with E-state index < -0.39 is 10.0 Å². The van der Waals surface area contributed by atoms with Crippen molar-refractivity contribution in [2.24, 2.45) is 0 Å². The average Bonchev–Trinajstić information content (AvgIpc) is 2.99. The molecule has 3 rings (SSSR count). The molecule has 0 bridgehead atoms. The molecule has 2 heterocycles. The fourth-order valence-electron chi connectivity index (χ4n) is 3.42. The van der Waals surface area contributed by atoms with Gasteiger partial charge in [-0.25, -0.2) is 18.1 Å². The van der Waals surface area contributed by atoms with Gasteiger partial charge in [-0.15, -0.1) is 0 Å². The molecule has 1 aliphatic rings. The van der Waals surface area contributed by atoms with E-state index in [2.05, 4.69) is 34.6 Å². The maximum absolute atomic E-state index is 12.4. The molecule has 0 aliphatic carbocycles. The Bertz CT molecular complexity index is 912. The van der Waals surface area contributed by atoms with Crippen molar-refractivity contribution in [2.45, 2.75) is 45.6 Å². The first-order chi connectivity index (χ1) is 12.2. The van der Waals surface area contributed by atoms with Crippen molar-refractivity contribution >= 4 is 27.0 Å². The van der Waals surface area contributed by atoms with Crippen molar-refractivity contribution in [2.75, 3.05) is 19.3 Å². The predicted octanol–water partition coefficient (Wildman–Crippen LogP) is 1.65. The van der Waals surface area contributed by atoms with Crippen molar-refractivity contribution in [3.8, 4) is 0 Å². The fourth-order valence-corrected chi connectivity index (χ4v) is 4.26. The molecule has 2 N–H and O–H groups in total. The van der Waals surface area contributed by atoms with Gasteiger partial charge in [-0.2, -0.15) is 0 Å². The van der Waals surface area contributed by atoms with E-state index in [1.54, 1.807) is 0 Å². The van der Waals surface area contributed by atoms with Crippen molar-refractivity contribution in [3.63, 3.8) is 0 Å². The Balaban J connectivity index is 1.54. The van der Waals surface area contributed by atoms with E-state index in [0.717, 1.165) is 22.4 Å². The highest BCUT2D eigenvalue weighted by Gasteiger charge is 2.24. The molecule has 0 spiro atoms. The number of nitrogens with zero attached hydrogens (tertiary/aromatic N) is 2. The molecule has 8 heteroatoms. The van der Waals surface area contributed by atoms with Gasteiger partial charge < -0.3 is 9.88 Å². The zero-order valence-corrected chi connectivity index (χ0v) is 16.3. The molecular weight excluding hydrogens is 352 g/mol. The lowest BCUT2D eigenvalue weighted by Crippen LogP contribution is -2.46. The number of imidazole rings is 1. The Morgan fingerprint density at radius 2 is 2.00 bits per heavy atom. The molecule has 1 amide bonds. The zero-order valence-electron chi connectivity index (χ0n) is 15.5. The van der Waals surface area contributed by atoms with Gasteiger partial charge in [0, 0.05) is 32.0 Å². The van der Waals surface area contributed by atoms with Gasteiger partial charge in [0.2, 0.25) is 15.9 Å². The zero-order chi connectivity index (χ0) is 18.9. The molecule has 1 aromatic carbocycles. The van der Waals surface area contributed by atoms with Gasteiger partial charge in [-0.3, -0.25) is 4.79 Å². The number of aromatic amines is 1. The third kappa shape index (κ3) is 4.42. The minimum absolute atomic E-state index is 0.0735. The molecule has 1 aromatic heterocycles. The molecule has 1 aliphatic heterocycles. The molecule has 2 aromatic rings. The number of aryl methyl sites for hydroxylation is 3. The molecule has 26 heavy (non-hydrogen) atoms. The van der Waals surface area contributed by atoms with Crippen molar-refractivity contribution in [3.05, 3.63) is 29.1 Å². The van der Waals surface area contributed by atoms with Gasteiger partial charge in [-0.1, -0.05) is 6.07 Å². The minimum Gasteiger partial charge on any atom is -0.343 e. The summed E-state index contributed by atoms with van der Waals surface area (Å²) in [6, 6.07) is 4.02. The molecule has 1 fully saturated rings. The number of hydrogen-bond donors (Lipinski definition) is 2. The van der Waals surface area contributed by atoms with E-state index in [9.17, 15) is 13.2 Å². The normalized spacial score (nSPS) is 16.3. The maximum atomic E-state index is 12.4. The lowest BCUT2D eigenvalue weighted by molar-refractivity contribution is -0.132. The van der Waals surface area contributed by atoms with Crippen LogP contribution in [0.2, 0.25) is 0 Å². The second kappa shape index (κ2) is 7.36. The summed E-state index contributed by atoms with van der Waals surface area (Å²) in [4.78, 5) is 22.2. The van der Waals surface area contributed by atoms with Crippen LogP contribution >= 0.6 is 0 Å². The second-order valence-corrected chi connectivity index (χ2v) is 8.91. The molecule has 142 valence electrons. The third-order valence-corrected chi connectivity index (χ3v) is 5.79. The van der Waals surface area contributed by atoms with Gasteiger partial charge in [0.1, 0.15) is 5.82 Å². The van der Waals surface area contributed by atoms with E-state index in [1.807, 2.05) is 11.0 Å². The SMILES string of the molecule is Cc1ccc2[nH]c(CCC(=O)N3CCC(NS(C)(=O)=O)CC3)nc2c1C. The number of rotatable bonds is 5. The van der Waals surface area contributed by atoms with Crippen LogP contribution in [0.25, 0.3) is 11.0 Å². The molecule has 0 saturated carbocycles. The van der Waals surface area contributed by atoms with Gasteiger partial charge in [0.15, 0.2) is 0 Å². The number of sulfonamides is 1. The minimum atomic E-state index is -3.19. The van der Waals surface area contributed by atoms with Crippen LogP contribution in [0, 0.1) is 13.8 Å². The monoisotopic (exact) mass is 378 g/mol. The third-order valence-electron chi connectivity index (χ3n) is 5.03. The number of carbonyl (C=O) groups is 1. The van der Waals surface area contributed by atoms with Crippen LogP contribution in [-0.4, -0.2) is 54.6 Å². The number of fused-ring (bicyclic) bond motifs is 1. The Hall–Kier alpha value is -1.93. The van der Waals surface area contributed by atoms with E-state index in [1.165, 1.54) is 11.8 Å². The highest BCUT2D eigenvalue weighted by molar-refractivity contribution is 7.88. The Labute approximate surface area is 154 Å². The Morgan fingerprint density at radius 1 is 1.31 bits per heavy atom. The summed E-state index contributed by atoms with van der Waals surface area (Å²) in [5, 5.41) is 0. The molecule has 0 radical (unpaired) electrons. The van der Waals surface area contributed by atoms with E-state index in [0.29, 0.717) is 38.8 Å². The van der Waals surface area contributed by atoms with E-state index in [4.69, 9.17) is 0 Å². The van der Waals surface area contributed by atoms with Gasteiger partial charge in [0.05, 0.1) is 17.3 Å². The van der Waals surface area contributed by atoms with E-state index in [-0.39, 0.29) is 11.9 Å². The Morgan fingerprint density at radius 3 is 2.65 bits per heavy atom. The first-order valence-electron chi connectivity index (χ1n) is 8.93. The van der Waals surface area contributed by atoms with Crippen LogP contribution in [0.4, 0.5) is 0 Å². The largest absolute Gasteiger partial charge is 0.343 e. The number of carbonyl (C=O) groups excluding carboxylic acids is 1. The fraction of sp³-hybridized carbons (Fsp3) is 0.556. The van der Waals surface area contributed by atoms with Crippen LogP contribution in [0.3, 0.4) is 0 Å². The van der Waals surface area contributed by atoms with E-state index >= 15 is 0 Å². The summed E-state index contributed by atoms with van der Waals surface area (Å²) < 4.78 is 25.2. The molecule has 0 atom stereocenters. The highest BCUT2D eigenvalue weighted by atomic mass is 32.2. The topological polar surface area (TPSA) is 95.2 Å². The smallest absolute Gasteiger partial charge is 0.223 e. The Kier molecular flexibility index (Phi) is 5.34. The summed E-state index contributed by atoms with van der Waals surface area (Å²) in [6.07, 6.45) is 3.46. The number of benzene rings is 1. The summed E-state index contributed by atoms with van der Waals surface area (Å²) in [6.45, 7) is 5.30. The van der Waals surface area contributed by atoms with Gasteiger partial charge in [-0.05, 0) is 43.9 Å². The summed E-state index contributed by atoms with van der Waals surface area (Å²) in [5.74, 6) is 0.923. The number of likely N-dealkylation sites (tertiary alicyclic amines) is 1. The predicted molar refractivity (Wildman–Crippen MR) is 101 cm³/mol. The first kappa shape index (κ1) is 18.8. The molecule has 0 unspecified atom stereocenters. The van der Waals surface area contributed by atoms with Crippen LogP contribution in [0.5, 0.6) is 0 Å². The first-order valence-corrected chi connectivity index (χ1v) is 10.8. The van der Waals surface area contributed by atoms with Crippen LogP contribution < -0.4 is 4.72 Å². The number of aromatic nitrogens is 2. The van der Waals surface area contributed by atoms with Crippen LogP contribution in [0.1, 0.15) is 36.2 Å². The molecule has 1 saturated heterocycles. The van der Waals surface area contributed by atoms with Crippen molar-refractivity contribution < 1.29 is 13.2 Å². The highest BCUT2D eigenvalue weighted by Crippen LogP contribution is 2.20. The number of hydrogen-bond acceptors (Lipinski definition) is 4. The van der Waals surface area contributed by atoms with Crippen molar-refractivity contribution in [1.29, 1.82) is 0 Å². The lowest BCUT2D eigenvalue weighted by Gasteiger charge is -2.32. The second-order valence-electron chi connectivity index (χ2n) is 7.13. The van der Waals surface area contributed by atoms with Gasteiger partial charge in [0.25, 0.3) is 0 Å². The van der Waals surface area contributed by atoms with Crippen LogP contribution in [0.15, 0.2) is 12.1 Å². The number of piperidine rings is 1. The summed E-state index contributed by atoms with van der Waals surface area (Å²) >= 11 is 0. The maximum Gasteiger partial charge on any atom is 0.223 e. The molecule has 7 nitrogen and oxygen atoms in total. The van der Waals surface area contributed by atoms with Crippen LogP contribution in [-0.2, 0) is 21.2 Å². The number of nitrogens with one attached hydrogen (secondary N) is 2. The summed E-state index contributed by atoms with van der Waals surface area (Å²) in [5.41, 5.74) is 4.34. The van der Waals surface area contributed by atoms with Crippen molar-refractivity contribution in [1.82, 2.24) is 19.6 Å².